The molecule has 0 saturated carbocycles. The molecule has 20 heavy (non-hydrogen) atoms. The van der Waals surface area contributed by atoms with E-state index in [1.54, 1.807) is 20.3 Å². The van der Waals surface area contributed by atoms with Gasteiger partial charge in [-0.25, -0.2) is 0 Å². The molecule has 112 valence electrons. The summed E-state index contributed by atoms with van der Waals surface area (Å²) in [7, 11) is 3.19. The van der Waals surface area contributed by atoms with E-state index < -0.39 is 0 Å². The van der Waals surface area contributed by atoms with Gasteiger partial charge in [0.2, 0.25) is 5.91 Å². The molecule has 1 aromatic carbocycles. The summed E-state index contributed by atoms with van der Waals surface area (Å²) in [5.41, 5.74) is 0.791. The highest BCUT2D eigenvalue weighted by Gasteiger charge is 2.07. The van der Waals surface area contributed by atoms with Crippen molar-refractivity contribution in [2.75, 3.05) is 26.1 Å². The van der Waals surface area contributed by atoms with Crippen molar-refractivity contribution in [1.29, 1.82) is 0 Å². The van der Waals surface area contributed by atoms with Crippen molar-refractivity contribution in [3.05, 3.63) is 18.2 Å². The molecule has 5 heteroatoms. The van der Waals surface area contributed by atoms with Crippen LogP contribution in [-0.4, -0.2) is 32.7 Å². The summed E-state index contributed by atoms with van der Waals surface area (Å²) in [6.07, 6.45) is 2.04. The molecule has 0 radical (unpaired) electrons. The third-order valence-electron chi connectivity index (χ3n) is 2.93. The Morgan fingerprint density at radius 3 is 2.30 bits per heavy atom. The molecular weight excluding hydrogens is 256 g/mol. The molecule has 1 rings (SSSR count). The Hall–Kier alpha value is -1.91. The van der Waals surface area contributed by atoms with E-state index in [0.717, 1.165) is 18.5 Å². The predicted molar refractivity (Wildman–Crippen MR) is 80.5 cm³/mol. The molecule has 1 unspecified atom stereocenters. The van der Waals surface area contributed by atoms with E-state index in [-0.39, 0.29) is 18.5 Å². The zero-order valence-electron chi connectivity index (χ0n) is 12.7. The van der Waals surface area contributed by atoms with Gasteiger partial charge in [-0.05, 0) is 13.3 Å². The minimum absolute atomic E-state index is 0.0206. The molecule has 2 N–H and O–H groups in total. The molecule has 0 aromatic heterocycles. The minimum atomic E-state index is -0.0206. The van der Waals surface area contributed by atoms with E-state index in [1.165, 1.54) is 0 Å². The van der Waals surface area contributed by atoms with Crippen molar-refractivity contribution in [2.24, 2.45) is 0 Å². The van der Waals surface area contributed by atoms with Gasteiger partial charge in [0.1, 0.15) is 11.5 Å². The number of amides is 1. The number of carbonyl (C=O) groups is 1. The first-order valence-corrected chi connectivity index (χ1v) is 6.85. The Labute approximate surface area is 120 Å². The highest BCUT2D eigenvalue weighted by atomic mass is 16.5. The van der Waals surface area contributed by atoms with Crippen LogP contribution in [-0.2, 0) is 4.79 Å². The van der Waals surface area contributed by atoms with Gasteiger partial charge in [-0.2, -0.15) is 0 Å². The van der Waals surface area contributed by atoms with Gasteiger partial charge in [-0.1, -0.05) is 13.3 Å². The lowest BCUT2D eigenvalue weighted by Crippen LogP contribution is -2.36. The van der Waals surface area contributed by atoms with E-state index in [0.29, 0.717) is 11.5 Å². The molecule has 0 spiro atoms. The van der Waals surface area contributed by atoms with Crippen LogP contribution in [0.2, 0.25) is 0 Å². The monoisotopic (exact) mass is 280 g/mol. The van der Waals surface area contributed by atoms with Gasteiger partial charge >= 0.3 is 0 Å². The van der Waals surface area contributed by atoms with Gasteiger partial charge < -0.3 is 20.1 Å². The van der Waals surface area contributed by atoms with E-state index in [2.05, 4.69) is 17.6 Å². The van der Waals surface area contributed by atoms with Crippen LogP contribution >= 0.6 is 0 Å². The maximum atomic E-state index is 11.8. The molecule has 0 saturated heterocycles. The molecular formula is C15H24N2O3. The van der Waals surface area contributed by atoms with Crippen LogP contribution in [0.4, 0.5) is 5.69 Å². The summed E-state index contributed by atoms with van der Waals surface area (Å²) in [6.45, 7) is 4.34. The van der Waals surface area contributed by atoms with Gasteiger partial charge in [-0.3, -0.25) is 4.79 Å². The second-order valence-electron chi connectivity index (χ2n) is 4.71. The third kappa shape index (κ3) is 5.38. The number of methoxy groups -OCH3 is 2. The topological polar surface area (TPSA) is 59.6 Å². The number of rotatable bonds is 8. The van der Waals surface area contributed by atoms with Gasteiger partial charge in [0.25, 0.3) is 0 Å². The summed E-state index contributed by atoms with van der Waals surface area (Å²) in [5.74, 6) is 1.35. The molecule has 0 bridgehead atoms. The van der Waals surface area contributed by atoms with Crippen molar-refractivity contribution in [1.82, 2.24) is 5.32 Å². The number of nitrogens with one attached hydrogen (secondary N) is 2. The van der Waals surface area contributed by atoms with Gasteiger partial charge in [0.05, 0.1) is 20.8 Å². The first-order chi connectivity index (χ1) is 9.58. The van der Waals surface area contributed by atoms with Crippen molar-refractivity contribution < 1.29 is 14.3 Å². The zero-order valence-corrected chi connectivity index (χ0v) is 12.7. The van der Waals surface area contributed by atoms with Crippen LogP contribution in [0.25, 0.3) is 0 Å². The average Bonchev–Trinajstić information content (AvgIpc) is 2.44. The van der Waals surface area contributed by atoms with Crippen LogP contribution in [0.3, 0.4) is 0 Å². The van der Waals surface area contributed by atoms with Gasteiger partial charge in [0, 0.05) is 29.9 Å². The van der Waals surface area contributed by atoms with Gasteiger partial charge in [0.15, 0.2) is 0 Å². The van der Waals surface area contributed by atoms with E-state index in [4.69, 9.17) is 9.47 Å². The fourth-order valence-corrected chi connectivity index (χ4v) is 1.92. The fourth-order valence-electron chi connectivity index (χ4n) is 1.92. The molecule has 0 aliphatic carbocycles. The molecule has 0 aliphatic rings. The van der Waals surface area contributed by atoms with Crippen molar-refractivity contribution in [2.45, 2.75) is 32.7 Å². The van der Waals surface area contributed by atoms with E-state index in [1.807, 2.05) is 19.1 Å². The summed E-state index contributed by atoms with van der Waals surface area (Å²) in [5, 5.41) is 6.01. The minimum Gasteiger partial charge on any atom is -0.497 e. The van der Waals surface area contributed by atoms with Crippen molar-refractivity contribution in [3.8, 4) is 11.5 Å². The Kier molecular flexibility index (Phi) is 6.70. The predicted octanol–water partition coefficient (Wildman–Crippen LogP) is 2.42. The van der Waals surface area contributed by atoms with Gasteiger partial charge in [-0.15, -0.1) is 0 Å². The molecule has 1 aromatic rings. The summed E-state index contributed by atoms with van der Waals surface area (Å²) < 4.78 is 10.4. The van der Waals surface area contributed by atoms with Crippen molar-refractivity contribution in [3.63, 3.8) is 0 Å². The zero-order chi connectivity index (χ0) is 15.0. The number of benzene rings is 1. The van der Waals surface area contributed by atoms with Crippen LogP contribution in [0.1, 0.15) is 26.7 Å². The highest BCUT2D eigenvalue weighted by molar-refractivity contribution is 5.81. The third-order valence-corrected chi connectivity index (χ3v) is 2.93. The summed E-state index contributed by atoms with van der Waals surface area (Å²) in [4.78, 5) is 11.8. The Morgan fingerprint density at radius 2 is 1.80 bits per heavy atom. The quantitative estimate of drug-likeness (QED) is 0.768. The van der Waals surface area contributed by atoms with Crippen molar-refractivity contribution >= 4 is 11.6 Å². The lowest BCUT2D eigenvalue weighted by molar-refractivity contribution is -0.120. The fraction of sp³-hybridized carbons (Fsp3) is 0.533. The first-order valence-electron chi connectivity index (χ1n) is 6.85. The SMILES string of the molecule is CCCC(C)NC(=O)CNc1cc(OC)cc(OC)c1. The number of anilines is 1. The number of hydrogen-bond acceptors (Lipinski definition) is 4. The molecule has 0 aliphatic heterocycles. The number of ether oxygens (including phenoxy) is 2. The standard InChI is InChI=1S/C15H24N2O3/c1-5-6-11(2)17-15(18)10-16-12-7-13(19-3)9-14(8-12)20-4/h7-9,11,16H,5-6,10H2,1-4H3,(H,17,18). The Morgan fingerprint density at radius 1 is 1.20 bits per heavy atom. The molecule has 0 heterocycles. The first kappa shape index (κ1) is 16.1. The second kappa shape index (κ2) is 8.30. The van der Waals surface area contributed by atoms with E-state index in [9.17, 15) is 4.79 Å². The van der Waals surface area contributed by atoms with E-state index >= 15 is 0 Å². The molecule has 0 fully saturated rings. The second-order valence-corrected chi connectivity index (χ2v) is 4.71. The number of carbonyl (C=O) groups excluding carboxylic acids is 1. The average molecular weight is 280 g/mol. The van der Waals surface area contributed by atoms with Crippen LogP contribution in [0, 0.1) is 0 Å². The smallest absolute Gasteiger partial charge is 0.239 e. The Balaban J connectivity index is 2.54. The van der Waals surface area contributed by atoms with Crippen LogP contribution in [0.5, 0.6) is 11.5 Å². The Bertz CT molecular complexity index is 413. The largest absolute Gasteiger partial charge is 0.497 e. The summed E-state index contributed by atoms with van der Waals surface area (Å²) >= 11 is 0. The van der Waals surface area contributed by atoms with Crippen LogP contribution < -0.4 is 20.1 Å². The lowest BCUT2D eigenvalue weighted by atomic mass is 10.2. The highest BCUT2D eigenvalue weighted by Crippen LogP contribution is 2.25. The normalized spacial score (nSPS) is 11.6. The lowest BCUT2D eigenvalue weighted by Gasteiger charge is -2.14. The molecule has 5 nitrogen and oxygen atoms in total. The summed E-state index contributed by atoms with van der Waals surface area (Å²) in [6, 6.07) is 5.64. The molecule has 1 amide bonds. The molecule has 1 atom stereocenters. The number of hydrogen-bond donors (Lipinski definition) is 2. The van der Waals surface area contributed by atoms with Crippen LogP contribution in [0.15, 0.2) is 18.2 Å². The maximum absolute atomic E-state index is 11.8. The maximum Gasteiger partial charge on any atom is 0.239 e.